The average molecular weight is 453 g/mol. The van der Waals surface area contributed by atoms with Crippen molar-refractivity contribution in [1.29, 1.82) is 0 Å². The molecule has 1 atom stereocenters. The summed E-state index contributed by atoms with van der Waals surface area (Å²) in [6.07, 6.45) is 3.25. The molecule has 0 saturated carbocycles. The number of fused-ring (bicyclic) bond motifs is 10. The van der Waals surface area contributed by atoms with Crippen molar-refractivity contribution in [3.8, 4) is 0 Å². The van der Waals surface area contributed by atoms with Gasteiger partial charge in [0.15, 0.2) is 0 Å². The number of aliphatic hydroxyl groups is 1. The van der Waals surface area contributed by atoms with Crippen molar-refractivity contribution in [2.24, 2.45) is 0 Å². The maximum Gasteiger partial charge on any atom is 0.252 e. The Morgan fingerprint density at radius 1 is 0.912 bits per heavy atom. The second kappa shape index (κ2) is 7.58. The van der Waals surface area contributed by atoms with E-state index in [0.717, 1.165) is 67.8 Å². The molecule has 7 rings (SSSR count). The monoisotopic (exact) mass is 452 g/mol. The summed E-state index contributed by atoms with van der Waals surface area (Å²) in [4.78, 5) is 19.1. The molecule has 172 valence electrons. The van der Waals surface area contributed by atoms with E-state index in [0.29, 0.717) is 19.6 Å². The number of nitrogens with one attached hydrogen (secondary N) is 2. The first-order valence-electron chi connectivity index (χ1n) is 12.4. The number of β-amino-alcohol motifs (C(OH)–C–C–N with tert-alkyl or cyclic N) is 1. The van der Waals surface area contributed by atoms with Crippen LogP contribution in [0.1, 0.15) is 35.2 Å². The van der Waals surface area contributed by atoms with Crippen molar-refractivity contribution in [3.05, 3.63) is 59.7 Å². The van der Waals surface area contributed by atoms with Gasteiger partial charge in [-0.2, -0.15) is 0 Å². The molecule has 2 aliphatic rings. The Morgan fingerprint density at radius 2 is 1.68 bits per heavy atom. The number of amides is 1. The van der Waals surface area contributed by atoms with Crippen molar-refractivity contribution in [2.75, 3.05) is 19.6 Å². The summed E-state index contributed by atoms with van der Waals surface area (Å²) in [5, 5.41) is 18.6. The zero-order valence-electron chi connectivity index (χ0n) is 19.1. The molecule has 1 unspecified atom stereocenters. The molecule has 2 aliphatic heterocycles. The molecule has 1 amide bonds. The normalized spacial score (nSPS) is 17.7. The number of aromatic nitrogens is 2. The highest BCUT2D eigenvalue weighted by Crippen LogP contribution is 2.43. The molecule has 5 aromatic rings. The van der Waals surface area contributed by atoms with Gasteiger partial charge in [0.1, 0.15) is 0 Å². The van der Waals surface area contributed by atoms with E-state index in [2.05, 4.69) is 56.2 Å². The summed E-state index contributed by atoms with van der Waals surface area (Å²) in [5.74, 6) is -0.00591. The fourth-order valence-electron chi connectivity index (χ4n) is 6.31. The quantitative estimate of drug-likeness (QED) is 0.375. The van der Waals surface area contributed by atoms with Gasteiger partial charge in [0.25, 0.3) is 5.91 Å². The van der Waals surface area contributed by atoms with Crippen LogP contribution in [0, 0.1) is 0 Å². The lowest BCUT2D eigenvalue weighted by Crippen LogP contribution is -2.38. The van der Waals surface area contributed by atoms with E-state index >= 15 is 0 Å². The fraction of sp³-hybridized carbons (Fsp3) is 0.321. The molecule has 3 N–H and O–H groups in total. The first kappa shape index (κ1) is 20.1. The van der Waals surface area contributed by atoms with Gasteiger partial charge in [-0.3, -0.25) is 4.79 Å². The van der Waals surface area contributed by atoms with E-state index in [1.807, 2.05) is 12.1 Å². The highest BCUT2D eigenvalue weighted by atomic mass is 16.3. The van der Waals surface area contributed by atoms with Crippen LogP contribution in [0.2, 0.25) is 0 Å². The minimum absolute atomic E-state index is 0.00591. The molecule has 0 spiro atoms. The minimum atomic E-state index is -0.468. The SMILES string of the molecule is O=C1NCc2c1c1c3ccccc3[nH]c1c1c2c2ccccc2n1CC(O)CN1CCCCC1. The van der Waals surface area contributed by atoms with Gasteiger partial charge < -0.3 is 24.9 Å². The van der Waals surface area contributed by atoms with Gasteiger partial charge in [0.05, 0.1) is 29.2 Å². The summed E-state index contributed by atoms with van der Waals surface area (Å²) in [6.45, 7) is 3.87. The Morgan fingerprint density at radius 3 is 2.53 bits per heavy atom. The van der Waals surface area contributed by atoms with E-state index < -0.39 is 6.10 Å². The Bertz CT molecular complexity index is 1590. The minimum Gasteiger partial charge on any atom is -0.390 e. The van der Waals surface area contributed by atoms with Crippen molar-refractivity contribution >= 4 is 49.5 Å². The molecule has 0 radical (unpaired) electrons. The van der Waals surface area contributed by atoms with Crippen LogP contribution in [0.15, 0.2) is 48.5 Å². The number of likely N-dealkylation sites (tertiary alicyclic amines) is 1. The molecule has 0 bridgehead atoms. The Hall–Kier alpha value is -3.35. The topological polar surface area (TPSA) is 73.3 Å². The Labute approximate surface area is 197 Å². The van der Waals surface area contributed by atoms with Crippen molar-refractivity contribution in [1.82, 2.24) is 19.8 Å². The number of rotatable bonds is 4. The largest absolute Gasteiger partial charge is 0.390 e. The van der Waals surface area contributed by atoms with Crippen LogP contribution >= 0.6 is 0 Å². The summed E-state index contributed by atoms with van der Waals surface area (Å²) in [6, 6.07) is 16.6. The third kappa shape index (κ3) is 2.85. The first-order chi connectivity index (χ1) is 16.7. The van der Waals surface area contributed by atoms with Crippen molar-refractivity contribution < 1.29 is 9.90 Å². The molecule has 1 fully saturated rings. The second-order valence-corrected chi connectivity index (χ2v) is 9.82. The molecule has 34 heavy (non-hydrogen) atoms. The summed E-state index contributed by atoms with van der Waals surface area (Å²) in [5.41, 5.74) is 6.05. The third-order valence-corrected chi connectivity index (χ3v) is 7.73. The van der Waals surface area contributed by atoms with Crippen LogP contribution in [-0.4, -0.2) is 51.2 Å². The lowest BCUT2D eigenvalue weighted by atomic mass is 9.97. The number of hydrogen-bond acceptors (Lipinski definition) is 3. The van der Waals surface area contributed by atoms with Gasteiger partial charge >= 0.3 is 0 Å². The first-order valence-corrected chi connectivity index (χ1v) is 12.4. The van der Waals surface area contributed by atoms with Crippen LogP contribution in [-0.2, 0) is 13.1 Å². The van der Waals surface area contributed by atoms with Crippen LogP contribution in [0.4, 0.5) is 0 Å². The zero-order valence-corrected chi connectivity index (χ0v) is 19.1. The molecule has 6 nitrogen and oxygen atoms in total. The van der Waals surface area contributed by atoms with Crippen molar-refractivity contribution in [2.45, 2.75) is 38.5 Å². The van der Waals surface area contributed by atoms with E-state index in [1.54, 1.807) is 0 Å². The summed E-state index contributed by atoms with van der Waals surface area (Å²) < 4.78 is 2.28. The van der Waals surface area contributed by atoms with Crippen molar-refractivity contribution in [3.63, 3.8) is 0 Å². The van der Waals surface area contributed by atoms with Gasteiger partial charge in [-0.05, 0) is 43.6 Å². The number of carbonyl (C=O) groups excluding carboxylic acids is 1. The molecular formula is C28H28N4O2. The highest BCUT2D eigenvalue weighted by Gasteiger charge is 2.31. The van der Waals surface area contributed by atoms with Crippen LogP contribution in [0.5, 0.6) is 0 Å². The van der Waals surface area contributed by atoms with Crippen LogP contribution in [0.25, 0.3) is 43.6 Å². The number of nitrogens with zero attached hydrogens (tertiary/aromatic N) is 2. The van der Waals surface area contributed by atoms with E-state index in [9.17, 15) is 9.90 Å². The zero-order chi connectivity index (χ0) is 22.8. The van der Waals surface area contributed by atoms with Gasteiger partial charge in [-0.25, -0.2) is 0 Å². The van der Waals surface area contributed by atoms with Gasteiger partial charge in [0, 0.05) is 45.7 Å². The summed E-state index contributed by atoms with van der Waals surface area (Å²) >= 11 is 0. The number of para-hydroxylation sites is 2. The lowest BCUT2D eigenvalue weighted by molar-refractivity contribution is 0.0901. The van der Waals surface area contributed by atoms with Gasteiger partial charge in [-0.15, -0.1) is 0 Å². The third-order valence-electron chi connectivity index (χ3n) is 7.73. The fourth-order valence-corrected chi connectivity index (χ4v) is 6.31. The van der Waals surface area contributed by atoms with Gasteiger partial charge in [0.2, 0.25) is 0 Å². The lowest BCUT2D eigenvalue weighted by Gasteiger charge is -2.28. The van der Waals surface area contributed by atoms with E-state index in [1.165, 1.54) is 19.3 Å². The number of piperidine rings is 1. The van der Waals surface area contributed by atoms with E-state index in [-0.39, 0.29) is 5.91 Å². The van der Waals surface area contributed by atoms with Crippen LogP contribution < -0.4 is 5.32 Å². The number of H-pyrrole nitrogens is 1. The standard InChI is InChI=1S/C28H28N4O2/c33-17(15-31-12-6-1-7-13-31)16-32-22-11-5-3-9-19(22)23-20-14-29-28(34)25(20)24-18-8-2-4-10-21(18)30-26(24)27(23)32/h2-5,8-11,17,30,33H,1,6-7,12-16H2,(H,29,34). The molecule has 3 aromatic carbocycles. The molecule has 2 aromatic heterocycles. The van der Waals surface area contributed by atoms with Gasteiger partial charge in [-0.1, -0.05) is 42.8 Å². The summed E-state index contributed by atoms with van der Waals surface area (Å²) in [7, 11) is 0. The van der Waals surface area contributed by atoms with E-state index in [4.69, 9.17) is 0 Å². The number of aliphatic hydroxyl groups excluding tert-OH is 1. The second-order valence-electron chi connectivity index (χ2n) is 9.82. The maximum absolute atomic E-state index is 13.0. The maximum atomic E-state index is 13.0. The Kier molecular flexibility index (Phi) is 4.47. The molecule has 0 aliphatic carbocycles. The Balaban J connectivity index is 1.51. The molecular weight excluding hydrogens is 424 g/mol. The number of carbonyl (C=O) groups is 1. The molecule has 6 heteroatoms. The molecule has 1 saturated heterocycles. The average Bonchev–Trinajstić information content (AvgIpc) is 3.52. The number of aromatic amines is 1. The number of benzene rings is 3. The number of hydrogen-bond donors (Lipinski definition) is 3. The smallest absolute Gasteiger partial charge is 0.252 e. The predicted octanol–water partition coefficient (Wildman–Crippen LogP) is 4.52. The predicted molar refractivity (Wildman–Crippen MR) is 136 cm³/mol. The van der Waals surface area contributed by atoms with Crippen LogP contribution in [0.3, 0.4) is 0 Å². The molecule has 4 heterocycles. The highest BCUT2D eigenvalue weighted by molar-refractivity contribution is 6.30.